The molecule has 0 bridgehead atoms. The van der Waals surface area contributed by atoms with Crippen LogP contribution in [-0.4, -0.2) is 24.5 Å². The van der Waals surface area contributed by atoms with Crippen molar-refractivity contribution in [3.05, 3.63) is 23.4 Å². The van der Waals surface area contributed by atoms with Gasteiger partial charge in [-0.3, -0.25) is 4.79 Å². The predicted octanol–water partition coefficient (Wildman–Crippen LogP) is 1.11. The summed E-state index contributed by atoms with van der Waals surface area (Å²) in [5.41, 5.74) is 2.29. The van der Waals surface area contributed by atoms with Crippen LogP contribution in [0.2, 0.25) is 0 Å². The Balaban J connectivity index is 2.16. The first-order chi connectivity index (χ1) is 7.70. The minimum absolute atomic E-state index is 0.0727. The van der Waals surface area contributed by atoms with Crippen molar-refractivity contribution in [1.82, 2.24) is 10.3 Å². The van der Waals surface area contributed by atoms with Gasteiger partial charge in [-0.05, 0) is 44.5 Å². The van der Waals surface area contributed by atoms with Crippen LogP contribution in [0.5, 0.6) is 0 Å². The minimum Gasteiger partial charge on any atom is -0.320 e. The van der Waals surface area contributed by atoms with E-state index in [2.05, 4.69) is 21.7 Å². The summed E-state index contributed by atoms with van der Waals surface area (Å²) in [6.45, 7) is 2.89. The molecule has 86 valence electrons. The monoisotopic (exact) mass is 219 g/mol. The number of nitrogens with one attached hydrogen (secondary N) is 2. The van der Waals surface area contributed by atoms with E-state index in [1.54, 1.807) is 6.20 Å². The fraction of sp³-hybridized carbons (Fsp3) is 0.500. The number of carbonyl (C=O) groups excluding carboxylic acids is 1. The van der Waals surface area contributed by atoms with Gasteiger partial charge in [0.15, 0.2) is 0 Å². The molecule has 4 nitrogen and oxygen atoms in total. The van der Waals surface area contributed by atoms with E-state index >= 15 is 0 Å². The topological polar surface area (TPSA) is 54.0 Å². The molecule has 0 spiro atoms. The standard InChI is InChI=1S/C12H17N3O/c1-8-5-10-6-9(3-4-13-2)12(16)15-11(10)14-7-8/h5,7,9,13H,3-4,6H2,1-2H3,(H,14,15,16). The Labute approximate surface area is 95.5 Å². The van der Waals surface area contributed by atoms with Crippen molar-refractivity contribution in [3.63, 3.8) is 0 Å². The lowest BCUT2D eigenvalue weighted by molar-refractivity contribution is -0.120. The van der Waals surface area contributed by atoms with E-state index in [1.807, 2.05) is 14.0 Å². The van der Waals surface area contributed by atoms with E-state index < -0.39 is 0 Å². The zero-order chi connectivity index (χ0) is 11.5. The number of amides is 1. The highest BCUT2D eigenvalue weighted by Gasteiger charge is 2.26. The molecular weight excluding hydrogens is 202 g/mol. The third-order valence-corrected chi connectivity index (χ3v) is 2.92. The highest BCUT2D eigenvalue weighted by atomic mass is 16.2. The first-order valence-electron chi connectivity index (χ1n) is 5.61. The molecule has 4 heteroatoms. The smallest absolute Gasteiger partial charge is 0.229 e. The molecule has 0 aromatic carbocycles. The Morgan fingerprint density at radius 3 is 3.19 bits per heavy atom. The van der Waals surface area contributed by atoms with Crippen LogP contribution >= 0.6 is 0 Å². The molecule has 0 aliphatic carbocycles. The summed E-state index contributed by atoms with van der Waals surface area (Å²) in [5.74, 6) is 0.902. The van der Waals surface area contributed by atoms with Gasteiger partial charge in [0.05, 0.1) is 0 Å². The second-order valence-electron chi connectivity index (χ2n) is 4.30. The van der Waals surface area contributed by atoms with E-state index in [0.29, 0.717) is 0 Å². The van der Waals surface area contributed by atoms with E-state index in [-0.39, 0.29) is 11.8 Å². The van der Waals surface area contributed by atoms with Gasteiger partial charge in [-0.2, -0.15) is 0 Å². The van der Waals surface area contributed by atoms with Crippen LogP contribution in [0.25, 0.3) is 0 Å². The number of hydrogen-bond donors (Lipinski definition) is 2. The van der Waals surface area contributed by atoms with Crippen LogP contribution in [0, 0.1) is 12.8 Å². The molecule has 16 heavy (non-hydrogen) atoms. The highest BCUT2D eigenvalue weighted by Crippen LogP contribution is 2.25. The molecule has 1 aliphatic rings. The van der Waals surface area contributed by atoms with Crippen LogP contribution < -0.4 is 10.6 Å². The third-order valence-electron chi connectivity index (χ3n) is 2.92. The fourth-order valence-corrected chi connectivity index (χ4v) is 2.03. The molecule has 0 saturated carbocycles. The molecular formula is C12H17N3O. The van der Waals surface area contributed by atoms with Crippen molar-refractivity contribution < 1.29 is 4.79 Å². The second kappa shape index (κ2) is 4.61. The average molecular weight is 219 g/mol. The molecule has 0 radical (unpaired) electrons. The maximum Gasteiger partial charge on any atom is 0.229 e. The molecule has 1 aromatic rings. The summed E-state index contributed by atoms with van der Waals surface area (Å²) >= 11 is 0. The summed E-state index contributed by atoms with van der Waals surface area (Å²) in [5, 5.41) is 5.94. The van der Waals surface area contributed by atoms with Crippen LogP contribution in [0.4, 0.5) is 5.82 Å². The number of pyridine rings is 1. The summed E-state index contributed by atoms with van der Waals surface area (Å²) in [6.07, 6.45) is 3.46. The highest BCUT2D eigenvalue weighted by molar-refractivity contribution is 5.94. The van der Waals surface area contributed by atoms with Gasteiger partial charge < -0.3 is 10.6 Å². The van der Waals surface area contributed by atoms with Crippen molar-refractivity contribution in [2.24, 2.45) is 5.92 Å². The Morgan fingerprint density at radius 2 is 2.44 bits per heavy atom. The van der Waals surface area contributed by atoms with Gasteiger partial charge in [0.25, 0.3) is 0 Å². The molecule has 1 aliphatic heterocycles. The lowest BCUT2D eigenvalue weighted by Crippen LogP contribution is -2.32. The van der Waals surface area contributed by atoms with Crippen molar-refractivity contribution in [1.29, 1.82) is 0 Å². The summed E-state index contributed by atoms with van der Waals surface area (Å²) in [6, 6.07) is 2.11. The molecule has 1 unspecified atom stereocenters. The van der Waals surface area contributed by atoms with Gasteiger partial charge in [-0.15, -0.1) is 0 Å². The molecule has 2 heterocycles. The number of rotatable bonds is 3. The first-order valence-corrected chi connectivity index (χ1v) is 5.61. The van der Waals surface area contributed by atoms with Gasteiger partial charge in [-0.25, -0.2) is 4.98 Å². The van der Waals surface area contributed by atoms with Crippen molar-refractivity contribution >= 4 is 11.7 Å². The summed E-state index contributed by atoms with van der Waals surface area (Å²) in [7, 11) is 1.90. The number of hydrogen-bond acceptors (Lipinski definition) is 3. The van der Waals surface area contributed by atoms with Crippen molar-refractivity contribution in [3.8, 4) is 0 Å². The summed E-state index contributed by atoms with van der Waals surface area (Å²) < 4.78 is 0. The number of fused-ring (bicyclic) bond motifs is 1. The minimum atomic E-state index is 0.0727. The largest absolute Gasteiger partial charge is 0.320 e. The van der Waals surface area contributed by atoms with Crippen LogP contribution in [-0.2, 0) is 11.2 Å². The maximum absolute atomic E-state index is 11.8. The predicted molar refractivity (Wildman–Crippen MR) is 63.3 cm³/mol. The first kappa shape index (κ1) is 11.1. The Bertz CT molecular complexity index is 403. The van der Waals surface area contributed by atoms with Crippen LogP contribution in [0.15, 0.2) is 12.3 Å². The Hall–Kier alpha value is -1.42. The van der Waals surface area contributed by atoms with Crippen molar-refractivity contribution in [2.75, 3.05) is 18.9 Å². The molecule has 0 saturated heterocycles. The Kier molecular flexibility index (Phi) is 3.19. The number of aryl methyl sites for hydroxylation is 1. The second-order valence-corrected chi connectivity index (χ2v) is 4.30. The number of aromatic nitrogens is 1. The van der Waals surface area contributed by atoms with E-state index in [1.165, 1.54) is 0 Å². The average Bonchev–Trinajstić information content (AvgIpc) is 2.27. The Morgan fingerprint density at radius 1 is 1.62 bits per heavy atom. The summed E-state index contributed by atoms with van der Waals surface area (Å²) in [4.78, 5) is 16.0. The van der Waals surface area contributed by atoms with Crippen LogP contribution in [0.1, 0.15) is 17.5 Å². The van der Waals surface area contributed by atoms with E-state index in [0.717, 1.165) is 36.3 Å². The molecule has 1 aromatic heterocycles. The van der Waals surface area contributed by atoms with Gasteiger partial charge in [0.2, 0.25) is 5.91 Å². The molecule has 2 N–H and O–H groups in total. The van der Waals surface area contributed by atoms with Crippen LogP contribution in [0.3, 0.4) is 0 Å². The van der Waals surface area contributed by atoms with Gasteiger partial charge in [0, 0.05) is 12.1 Å². The third kappa shape index (κ3) is 2.22. The number of anilines is 1. The zero-order valence-electron chi connectivity index (χ0n) is 9.71. The van der Waals surface area contributed by atoms with E-state index in [4.69, 9.17) is 0 Å². The maximum atomic E-state index is 11.8. The zero-order valence-corrected chi connectivity index (χ0v) is 9.71. The lowest BCUT2D eigenvalue weighted by atomic mass is 9.92. The lowest BCUT2D eigenvalue weighted by Gasteiger charge is -2.23. The van der Waals surface area contributed by atoms with Crippen molar-refractivity contribution in [2.45, 2.75) is 19.8 Å². The fourth-order valence-electron chi connectivity index (χ4n) is 2.03. The molecule has 2 rings (SSSR count). The quantitative estimate of drug-likeness (QED) is 0.800. The number of carbonyl (C=O) groups is 1. The molecule has 1 amide bonds. The number of nitrogens with zero attached hydrogens (tertiary/aromatic N) is 1. The normalized spacial score (nSPS) is 19.1. The van der Waals surface area contributed by atoms with E-state index in [9.17, 15) is 4.79 Å². The SMILES string of the molecule is CNCCC1Cc2cc(C)cnc2NC1=O. The van der Waals surface area contributed by atoms with Gasteiger partial charge in [-0.1, -0.05) is 6.07 Å². The molecule has 1 atom stereocenters. The molecule has 0 fully saturated rings. The van der Waals surface area contributed by atoms with Gasteiger partial charge in [0.1, 0.15) is 5.82 Å². The van der Waals surface area contributed by atoms with Gasteiger partial charge >= 0.3 is 0 Å².